The Balaban J connectivity index is 2.17. The summed E-state index contributed by atoms with van der Waals surface area (Å²) in [6, 6.07) is 4.74. The predicted octanol–water partition coefficient (Wildman–Crippen LogP) is 4.11. The normalized spacial score (nSPS) is 12.6. The SMILES string of the molecule is CCNC(Cc1cc(Br)cs1)c1cncc(C)c1. The average molecular weight is 325 g/mol. The molecule has 0 aliphatic rings. The Morgan fingerprint density at radius 2 is 2.22 bits per heavy atom. The maximum absolute atomic E-state index is 4.29. The van der Waals surface area contributed by atoms with Crippen molar-refractivity contribution in [3.63, 3.8) is 0 Å². The van der Waals surface area contributed by atoms with Gasteiger partial charge in [0.25, 0.3) is 0 Å². The molecule has 96 valence electrons. The molecule has 2 aromatic rings. The van der Waals surface area contributed by atoms with Crippen molar-refractivity contribution in [1.82, 2.24) is 10.3 Å². The Hall–Kier alpha value is -0.710. The molecule has 0 saturated heterocycles. The minimum absolute atomic E-state index is 0.341. The Morgan fingerprint density at radius 3 is 2.83 bits per heavy atom. The first-order valence-electron chi connectivity index (χ1n) is 6.07. The third-order valence-corrected chi connectivity index (χ3v) is 4.50. The minimum atomic E-state index is 0.341. The van der Waals surface area contributed by atoms with Crippen LogP contribution in [-0.2, 0) is 6.42 Å². The van der Waals surface area contributed by atoms with Gasteiger partial charge in [-0.05, 0) is 46.6 Å². The smallest absolute Gasteiger partial charge is 0.0384 e. The van der Waals surface area contributed by atoms with Crippen LogP contribution in [0.3, 0.4) is 0 Å². The number of nitrogens with one attached hydrogen (secondary N) is 1. The van der Waals surface area contributed by atoms with Gasteiger partial charge in [-0.15, -0.1) is 11.3 Å². The van der Waals surface area contributed by atoms with Crippen molar-refractivity contribution in [3.8, 4) is 0 Å². The molecule has 4 heteroatoms. The Labute approximate surface area is 121 Å². The fourth-order valence-corrected chi connectivity index (χ4v) is 3.48. The highest BCUT2D eigenvalue weighted by Crippen LogP contribution is 2.25. The first kappa shape index (κ1) is 13.7. The van der Waals surface area contributed by atoms with Crippen molar-refractivity contribution in [1.29, 1.82) is 0 Å². The Morgan fingerprint density at radius 1 is 1.39 bits per heavy atom. The van der Waals surface area contributed by atoms with Gasteiger partial charge in [0, 0.05) is 39.6 Å². The topological polar surface area (TPSA) is 24.9 Å². The third-order valence-electron chi connectivity index (χ3n) is 2.78. The van der Waals surface area contributed by atoms with Crippen molar-refractivity contribution in [2.24, 2.45) is 0 Å². The number of hydrogen-bond acceptors (Lipinski definition) is 3. The van der Waals surface area contributed by atoms with Crippen LogP contribution in [0.4, 0.5) is 0 Å². The van der Waals surface area contributed by atoms with E-state index < -0.39 is 0 Å². The lowest BCUT2D eigenvalue weighted by Gasteiger charge is -2.17. The summed E-state index contributed by atoms with van der Waals surface area (Å²) in [5, 5.41) is 5.67. The maximum atomic E-state index is 4.29. The average Bonchev–Trinajstić information content (AvgIpc) is 2.74. The van der Waals surface area contributed by atoms with Crippen LogP contribution in [-0.4, -0.2) is 11.5 Å². The molecule has 0 aliphatic heterocycles. The maximum Gasteiger partial charge on any atom is 0.0384 e. The molecule has 0 fully saturated rings. The molecule has 2 aromatic heterocycles. The summed E-state index contributed by atoms with van der Waals surface area (Å²) >= 11 is 5.30. The molecular weight excluding hydrogens is 308 g/mol. The van der Waals surface area contributed by atoms with E-state index in [0.29, 0.717) is 6.04 Å². The number of aryl methyl sites for hydroxylation is 1. The number of thiophene rings is 1. The van der Waals surface area contributed by atoms with Crippen molar-refractivity contribution >= 4 is 27.3 Å². The molecule has 0 amide bonds. The van der Waals surface area contributed by atoms with E-state index in [4.69, 9.17) is 0 Å². The summed E-state index contributed by atoms with van der Waals surface area (Å²) in [4.78, 5) is 5.67. The lowest BCUT2D eigenvalue weighted by Crippen LogP contribution is -2.22. The van der Waals surface area contributed by atoms with Crippen LogP contribution in [0.2, 0.25) is 0 Å². The van der Waals surface area contributed by atoms with Crippen molar-refractivity contribution in [3.05, 3.63) is 50.4 Å². The van der Waals surface area contributed by atoms with Gasteiger partial charge in [-0.25, -0.2) is 0 Å². The second kappa shape index (κ2) is 6.45. The summed E-state index contributed by atoms with van der Waals surface area (Å²) in [6.45, 7) is 5.19. The van der Waals surface area contributed by atoms with Gasteiger partial charge in [0.2, 0.25) is 0 Å². The number of nitrogens with zero attached hydrogens (tertiary/aromatic N) is 1. The molecule has 1 atom stereocenters. The summed E-state index contributed by atoms with van der Waals surface area (Å²) < 4.78 is 1.17. The summed E-state index contributed by atoms with van der Waals surface area (Å²) in [7, 11) is 0. The van der Waals surface area contributed by atoms with Crippen molar-refractivity contribution in [2.75, 3.05) is 6.54 Å². The molecular formula is C14H17BrN2S. The van der Waals surface area contributed by atoms with Crippen LogP contribution < -0.4 is 5.32 Å². The zero-order chi connectivity index (χ0) is 13.0. The van der Waals surface area contributed by atoms with E-state index in [1.165, 1.54) is 20.5 Å². The summed E-state index contributed by atoms with van der Waals surface area (Å²) in [5.41, 5.74) is 2.48. The number of hydrogen-bond donors (Lipinski definition) is 1. The van der Waals surface area contributed by atoms with Gasteiger partial charge in [-0.3, -0.25) is 4.98 Å². The molecule has 2 heterocycles. The van der Waals surface area contributed by atoms with Gasteiger partial charge in [-0.1, -0.05) is 13.0 Å². The van der Waals surface area contributed by atoms with Crippen LogP contribution in [0, 0.1) is 6.92 Å². The highest BCUT2D eigenvalue weighted by molar-refractivity contribution is 9.10. The molecule has 2 nitrogen and oxygen atoms in total. The van der Waals surface area contributed by atoms with Crippen molar-refractivity contribution < 1.29 is 0 Å². The van der Waals surface area contributed by atoms with Gasteiger partial charge in [0.1, 0.15) is 0 Å². The van der Waals surface area contributed by atoms with E-state index in [-0.39, 0.29) is 0 Å². The molecule has 0 aromatic carbocycles. The molecule has 2 rings (SSSR count). The van der Waals surface area contributed by atoms with Gasteiger partial charge >= 0.3 is 0 Å². The second-order valence-electron chi connectivity index (χ2n) is 4.34. The Bertz CT molecular complexity index is 510. The lowest BCUT2D eigenvalue weighted by molar-refractivity contribution is 0.551. The van der Waals surface area contributed by atoms with Crippen LogP contribution in [0.25, 0.3) is 0 Å². The van der Waals surface area contributed by atoms with Crippen molar-refractivity contribution in [2.45, 2.75) is 26.3 Å². The molecule has 1 unspecified atom stereocenters. The number of pyridine rings is 1. The highest BCUT2D eigenvalue weighted by Gasteiger charge is 2.12. The van der Waals surface area contributed by atoms with E-state index in [0.717, 1.165) is 13.0 Å². The van der Waals surface area contributed by atoms with E-state index in [2.05, 4.69) is 57.6 Å². The Kier molecular flexibility index (Phi) is 4.92. The van der Waals surface area contributed by atoms with Crippen LogP contribution >= 0.6 is 27.3 Å². The molecule has 0 aliphatic carbocycles. The molecule has 0 spiro atoms. The first-order valence-corrected chi connectivity index (χ1v) is 7.74. The van der Waals surface area contributed by atoms with Gasteiger partial charge < -0.3 is 5.32 Å². The monoisotopic (exact) mass is 324 g/mol. The van der Waals surface area contributed by atoms with Gasteiger partial charge in [-0.2, -0.15) is 0 Å². The number of halogens is 1. The molecule has 1 N–H and O–H groups in total. The minimum Gasteiger partial charge on any atom is -0.310 e. The fourth-order valence-electron chi connectivity index (χ4n) is 1.99. The summed E-state index contributed by atoms with van der Waals surface area (Å²) in [6.07, 6.45) is 4.87. The third kappa shape index (κ3) is 3.64. The van der Waals surface area contributed by atoms with Gasteiger partial charge in [0.15, 0.2) is 0 Å². The highest BCUT2D eigenvalue weighted by atomic mass is 79.9. The van der Waals surface area contributed by atoms with Crippen LogP contribution in [0.5, 0.6) is 0 Å². The lowest BCUT2D eigenvalue weighted by atomic mass is 10.0. The molecule has 0 radical (unpaired) electrons. The first-order chi connectivity index (χ1) is 8.69. The van der Waals surface area contributed by atoms with Crippen LogP contribution in [0.1, 0.15) is 29.0 Å². The largest absolute Gasteiger partial charge is 0.310 e. The molecule has 0 saturated carbocycles. The van der Waals surface area contributed by atoms with E-state index in [1.807, 2.05) is 12.4 Å². The van der Waals surface area contributed by atoms with E-state index in [9.17, 15) is 0 Å². The molecule has 0 bridgehead atoms. The number of likely N-dealkylation sites (N-methyl/N-ethyl adjacent to an activating group) is 1. The van der Waals surface area contributed by atoms with Crippen LogP contribution in [0.15, 0.2) is 34.4 Å². The standard InChI is InChI=1S/C14H17BrN2S/c1-3-17-14(6-13-5-12(15)9-18-13)11-4-10(2)7-16-8-11/h4-5,7-9,14,17H,3,6H2,1-2H3. The number of aromatic nitrogens is 1. The van der Waals surface area contributed by atoms with E-state index in [1.54, 1.807) is 11.3 Å². The summed E-state index contributed by atoms with van der Waals surface area (Å²) in [5.74, 6) is 0. The van der Waals surface area contributed by atoms with E-state index >= 15 is 0 Å². The zero-order valence-electron chi connectivity index (χ0n) is 10.6. The molecule has 18 heavy (non-hydrogen) atoms. The van der Waals surface area contributed by atoms with Gasteiger partial charge in [0.05, 0.1) is 0 Å². The quantitative estimate of drug-likeness (QED) is 0.895. The second-order valence-corrected chi connectivity index (χ2v) is 6.25. The predicted molar refractivity (Wildman–Crippen MR) is 81.1 cm³/mol. The zero-order valence-corrected chi connectivity index (χ0v) is 13.0. The fraction of sp³-hybridized carbons (Fsp3) is 0.357. The number of rotatable bonds is 5.